The molecule has 2 aliphatic heterocycles. The van der Waals surface area contributed by atoms with Gasteiger partial charge < -0.3 is 14.4 Å². The highest BCUT2D eigenvalue weighted by molar-refractivity contribution is 7.07. The van der Waals surface area contributed by atoms with Crippen molar-refractivity contribution in [1.29, 1.82) is 0 Å². The fourth-order valence-corrected chi connectivity index (χ4v) is 6.73. The average molecular weight is 612 g/mol. The molecule has 0 aliphatic carbocycles. The van der Waals surface area contributed by atoms with E-state index < -0.39 is 17.6 Å². The van der Waals surface area contributed by atoms with Crippen molar-refractivity contribution in [2.24, 2.45) is 4.99 Å². The summed E-state index contributed by atoms with van der Waals surface area (Å²) in [7, 11) is 1.56. The summed E-state index contributed by atoms with van der Waals surface area (Å²) < 4.78 is 12.4. The number of aromatic nitrogens is 1. The van der Waals surface area contributed by atoms with Gasteiger partial charge in [0.05, 0.1) is 42.2 Å². The number of ether oxygens (including phenoxy) is 2. The zero-order valence-electron chi connectivity index (χ0n) is 23.4. The van der Waals surface area contributed by atoms with Gasteiger partial charge in [-0.3, -0.25) is 14.2 Å². The lowest BCUT2D eigenvalue weighted by molar-refractivity contribution is -0.138. The van der Waals surface area contributed by atoms with Crippen LogP contribution in [-0.2, 0) is 20.9 Å². The quantitative estimate of drug-likeness (QED) is 0.226. The van der Waals surface area contributed by atoms with Crippen molar-refractivity contribution >= 4 is 46.1 Å². The maximum atomic E-state index is 14.4. The monoisotopic (exact) mass is 611 g/mol. The number of methoxy groups -OCH3 is 1. The summed E-state index contributed by atoms with van der Waals surface area (Å²) in [6.07, 6.45) is 1.48. The van der Waals surface area contributed by atoms with Crippen LogP contribution < -0.4 is 24.5 Å². The first-order valence-corrected chi connectivity index (χ1v) is 14.6. The smallest absolute Gasteiger partial charge is 0.338 e. The lowest BCUT2D eigenvalue weighted by Gasteiger charge is -2.24. The third kappa shape index (κ3) is 4.90. The number of esters is 1. The van der Waals surface area contributed by atoms with E-state index >= 15 is 0 Å². The van der Waals surface area contributed by atoms with E-state index in [0.29, 0.717) is 38.1 Å². The Hall–Kier alpha value is -4.73. The molecule has 6 rings (SSSR count). The minimum Gasteiger partial charge on any atom is -0.497 e. The van der Waals surface area contributed by atoms with Crippen LogP contribution in [0.3, 0.4) is 0 Å². The molecule has 3 aromatic carbocycles. The number of anilines is 1. The molecule has 3 heterocycles. The number of benzene rings is 3. The number of carbonyl (C=O) groups excluding carboxylic acids is 2. The Kier molecular flexibility index (Phi) is 7.60. The lowest BCUT2D eigenvalue weighted by atomic mass is 9.96. The van der Waals surface area contributed by atoms with Crippen LogP contribution in [0.25, 0.3) is 5.57 Å². The number of hydrogen-bond donors (Lipinski definition) is 0. The molecule has 1 aromatic heterocycles. The summed E-state index contributed by atoms with van der Waals surface area (Å²) in [6, 6.07) is 21.0. The normalized spacial score (nSPS) is 16.9. The highest BCUT2D eigenvalue weighted by Crippen LogP contribution is 2.37. The molecule has 8 nitrogen and oxygen atoms in total. The van der Waals surface area contributed by atoms with Gasteiger partial charge in [0.25, 0.3) is 11.5 Å². The largest absolute Gasteiger partial charge is 0.497 e. The van der Waals surface area contributed by atoms with Crippen LogP contribution in [0.1, 0.15) is 29.7 Å². The molecule has 216 valence electrons. The van der Waals surface area contributed by atoms with E-state index in [9.17, 15) is 14.4 Å². The molecule has 0 radical (unpaired) electrons. The molecule has 4 aromatic rings. The number of rotatable bonds is 7. The van der Waals surface area contributed by atoms with Gasteiger partial charge in [-0.15, -0.1) is 0 Å². The van der Waals surface area contributed by atoms with Crippen LogP contribution in [0, 0.1) is 0 Å². The number of thiazole rings is 1. The maximum absolute atomic E-state index is 14.4. The number of carbonyl (C=O) groups is 2. The zero-order chi connectivity index (χ0) is 30.2. The second-order valence-corrected chi connectivity index (χ2v) is 11.3. The molecule has 2 aliphatic rings. The molecule has 0 spiro atoms. The summed E-state index contributed by atoms with van der Waals surface area (Å²) in [5, 5.41) is 0.548. The van der Waals surface area contributed by atoms with Crippen molar-refractivity contribution in [3.8, 4) is 5.75 Å². The summed E-state index contributed by atoms with van der Waals surface area (Å²) >= 11 is 7.56. The van der Waals surface area contributed by atoms with E-state index in [0.717, 1.165) is 16.9 Å². The first-order valence-electron chi connectivity index (χ1n) is 13.5. The molecule has 0 bridgehead atoms. The van der Waals surface area contributed by atoms with E-state index in [4.69, 9.17) is 21.1 Å². The third-order valence-corrected chi connectivity index (χ3v) is 8.84. The summed E-state index contributed by atoms with van der Waals surface area (Å²) in [4.78, 5) is 48.4. The maximum Gasteiger partial charge on any atom is 0.338 e. The first kappa shape index (κ1) is 28.4. The van der Waals surface area contributed by atoms with Crippen LogP contribution in [-0.4, -0.2) is 30.2 Å². The zero-order valence-corrected chi connectivity index (χ0v) is 24.9. The average Bonchev–Trinajstić information content (AvgIpc) is 3.48. The Bertz CT molecular complexity index is 2010. The van der Waals surface area contributed by atoms with Crippen LogP contribution in [0.5, 0.6) is 5.75 Å². The van der Waals surface area contributed by atoms with Gasteiger partial charge in [-0.2, -0.15) is 0 Å². The number of nitrogens with zero attached hydrogens (tertiary/aromatic N) is 3. The fourth-order valence-electron chi connectivity index (χ4n) is 5.40. The lowest BCUT2D eigenvalue weighted by Crippen LogP contribution is -2.41. The van der Waals surface area contributed by atoms with E-state index in [1.165, 1.54) is 10.6 Å². The molecule has 1 unspecified atom stereocenters. The van der Waals surface area contributed by atoms with Crippen molar-refractivity contribution in [3.63, 3.8) is 0 Å². The topological polar surface area (TPSA) is 90.2 Å². The molecule has 0 N–H and O–H groups in total. The number of hydrogen-bond acceptors (Lipinski definition) is 7. The van der Waals surface area contributed by atoms with E-state index in [-0.39, 0.29) is 34.7 Å². The van der Waals surface area contributed by atoms with Gasteiger partial charge >= 0.3 is 5.97 Å². The highest BCUT2D eigenvalue weighted by atomic mass is 35.5. The number of para-hydroxylation sites is 1. The molecule has 10 heteroatoms. The SMILES string of the molecule is C=CCOC(=O)C1=C(C)N=c2s/c(=C3\C(=O)N(Cc4ccccc4Cl)c4ccccc43)c(=O)n2C1c1ccc(OC)cc1. The standard InChI is InChI=1S/C33H26ClN3O5S/c1-4-17-42-32(40)26-19(2)35-33-37(28(26)20-13-15-22(41-3)16-14-20)31(39)29(43-33)27-23-10-6-8-12-25(23)36(30(27)38)18-21-9-5-7-11-24(21)34/h4-16,28H,1,17-18H2,2-3H3/b29-27-. The fraction of sp³-hybridized carbons (Fsp3) is 0.152. The molecular formula is C33H26ClN3O5S. The number of fused-ring (bicyclic) bond motifs is 2. The van der Waals surface area contributed by atoms with Gasteiger partial charge in [0.15, 0.2) is 4.80 Å². The Labute approximate surface area is 256 Å². The van der Waals surface area contributed by atoms with Crippen LogP contribution in [0.15, 0.2) is 107 Å². The van der Waals surface area contributed by atoms with Gasteiger partial charge in [0, 0.05) is 10.6 Å². The third-order valence-electron chi connectivity index (χ3n) is 7.42. The Morgan fingerprint density at radius 3 is 2.51 bits per heavy atom. The van der Waals surface area contributed by atoms with Crippen LogP contribution in [0.2, 0.25) is 5.02 Å². The Morgan fingerprint density at radius 2 is 1.79 bits per heavy atom. The van der Waals surface area contributed by atoms with Crippen LogP contribution >= 0.6 is 22.9 Å². The van der Waals surface area contributed by atoms with E-state index in [1.807, 2.05) is 42.5 Å². The minimum atomic E-state index is -0.834. The molecule has 0 fully saturated rings. The van der Waals surface area contributed by atoms with Crippen molar-refractivity contribution in [3.05, 3.63) is 138 Å². The number of allylic oxidation sites excluding steroid dienone is 1. The molecule has 1 amide bonds. The number of halogens is 1. The predicted molar refractivity (Wildman–Crippen MR) is 166 cm³/mol. The van der Waals surface area contributed by atoms with E-state index in [2.05, 4.69) is 11.6 Å². The van der Waals surface area contributed by atoms with Gasteiger partial charge in [0.2, 0.25) is 0 Å². The van der Waals surface area contributed by atoms with Gasteiger partial charge in [-0.05, 0) is 42.3 Å². The minimum absolute atomic E-state index is 0.00602. The summed E-state index contributed by atoms with van der Waals surface area (Å²) in [6.45, 7) is 5.58. The molecular weight excluding hydrogens is 586 g/mol. The van der Waals surface area contributed by atoms with Gasteiger partial charge in [-0.1, -0.05) is 84.1 Å². The molecule has 0 saturated heterocycles. The van der Waals surface area contributed by atoms with Gasteiger partial charge in [-0.25, -0.2) is 9.79 Å². The first-order chi connectivity index (χ1) is 20.8. The second kappa shape index (κ2) is 11.5. The Morgan fingerprint density at radius 1 is 1.07 bits per heavy atom. The van der Waals surface area contributed by atoms with Crippen molar-refractivity contribution in [2.45, 2.75) is 19.5 Å². The number of amides is 1. The van der Waals surface area contributed by atoms with Crippen molar-refractivity contribution in [1.82, 2.24) is 4.57 Å². The van der Waals surface area contributed by atoms with Crippen LogP contribution in [0.4, 0.5) is 5.69 Å². The summed E-state index contributed by atoms with van der Waals surface area (Å²) in [5.74, 6) is -0.288. The molecule has 1 atom stereocenters. The van der Waals surface area contributed by atoms with E-state index in [1.54, 1.807) is 49.3 Å². The molecule has 43 heavy (non-hydrogen) atoms. The van der Waals surface area contributed by atoms with Crippen molar-refractivity contribution in [2.75, 3.05) is 18.6 Å². The van der Waals surface area contributed by atoms with Crippen molar-refractivity contribution < 1.29 is 19.1 Å². The molecule has 0 saturated carbocycles. The summed E-state index contributed by atoms with van der Waals surface area (Å²) in [5.41, 5.74) is 3.29. The second-order valence-electron chi connectivity index (χ2n) is 9.94. The predicted octanol–water partition coefficient (Wildman–Crippen LogP) is 4.54. The van der Waals surface area contributed by atoms with Gasteiger partial charge in [0.1, 0.15) is 16.9 Å². The highest BCUT2D eigenvalue weighted by Gasteiger charge is 2.37. The Balaban J connectivity index is 1.56.